The van der Waals surface area contributed by atoms with Gasteiger partial charge in [-0.25, -0.2) is 9.97 Å². The molecular weight excluding hydrogens is 409 g/mol. The highest BCUT2D eigenvalue weighted by Crippen LogP contribution is 2.32. The number of rotatable bonds is 8. The summed E-state index contributed by atoms with van der Waals surface area (Å²) in [6.45, 7) is 0.306. The molecule has 2 aromatic rings. The molecule has 6 nitrogen and oxygen atoms in total. The number of alkyl halides is 3. The first-order valence-electron chi connectivity index (χ1n) is 9.01. The van der Waals surface area contributed by atoms with E-state index in [0.717, 1.165) is 18.9 Å². The highest BCUT2D eigenvalue weighted by molar-refractivity contribution is 6.32. The monoisotopic (exact) mass is 426 g/mol. The molecule has 10 heteroatoms. The summed E-state index contributed by atoms with van der Waals surface area (Å²) in [6.07, 6.45) is 0.0105. The van der Waals surface area contributed by atoms with E-state index < -0.39 is 11.7 Å². The van der Waals surface area contributed by atoms with Crippen molar-refractivity contribution >= 4 is 34.9 Å². The standard InChI is InChI=1S/C19H18ClF3N4O2/c20-14-9-13(19(21,22)23)10-26-17(14)25-6-1-2-15(28)12-5-7-24-16(8-12)27-18(29)11-3-4-11/h5,7-11H,1-4,6H2,(H,25,26)(H,24,27,29). The van der Waals surface area contributed by atoms with Crippen LogP contribution in [0.2, 0.25) is 5.02 Å². The van der Waals surface area contributed by atoms with Crippen molar-refractivity contribution in [3.63, 3.8) is 0 Å². The molecule has 1 fully saturated rings. The van der Waals surface area contributed by atoms with Gasteiger partial charge in [0, 0.05) is 36.8 Å². The van der Waals surface area contributed by atoms with Gasteiger partial charge in [-0.05, 0) is 37.5 Å². The van der Waals surface area contributed by atoms with Gasteiger partial charge in [-0.3, -0.25) is 9.59 Å². The van der Waals surface area contributed by atoms with Crippen LogP contribution in [-0.2, 0) is 11.0 Å². The number of ketones is 1. The summed E-state index contributed by atoms with van der Waals surface area (Å²) < 4.78 is 37.8. The lowest BCUT2D eigenvalue weighted by atomic mass is 10.1. The van der Waals surface area contributed by atoms with Crippen LogP contribution in [0.25, 0.3) is 0 Å². The minimum absolute atomic E-state index is 0.0351. The largest absolute Gasteiger partial charge is 0.417 e. The van der Waals surface area contributed by atoms with Gasteiger partial charge in [0.15, 0.2) is 5.78 Å². The Morgan fingerprint density at radius 3 is 2.62 bits per heavy atom. The molecule has 1 aliphatic carbocycles. The summed E-state index contributed by atoms with van der Waals surface area (Å²) in [5, 5.41) is 5.37. The fourth-order valence-electron chi connectivity index (χ4n) is 2.57. The smallest absolute Gasteiger partial charge is 0.369 e. The van der Waals surface area contributed by atoms with Crippen molar-refractivity contribution in [1.29, 1.82) is 0 Å². The van der Waals surface area contributed by atoms with Gasteiger partial charge in [-0.2, -0.15) is 13.2 Å². The molecule has 0 spiro atoms. The maximum Gasteiger partial charge on any atom is 0.417 e. The highest BCUT2D eigenvalue weighted by atomic mass is 35.5. The summed E-state index contributed by atoms with van der Waals surface area (Å²) in [6, 6.07) is 3.90. The summed E-state index contributed by atoms with van der Waals surface area (Å²) in [4.78, 5) is 31.8. The predicted molar refractivity (Wildman–Crippen MR) is 102 cm³/mol. The molecule has 154 valence electrons. The van der Waals surface area contributed by atoms with Crippen LogP contribution in [-0.4, -0.2) is 28.2 Å². The van der Waals surface area contributed by atoms with E-state index in [-0.39, 0.29) is 34.9 Å². The third-order valence-electron chi connectivity index (χ3n) is 4.32. The van der Waals surface area contributed by atoms with Crippen molar-refractivity contribution in [2.24, 2.45) is 5.92 Å². The average molecular weight is 427 g/mol. The zero-order valence-electron chi connectivity index (χ0n) is 15.2. The Labute approximate surface area is 169 Å². The molecule has 0 atom stereocenters. The van der Waals surface area contributed by atoms with Crippen molar-refractivity contribution in [2.45, 2.75) is 31.9 Å². The Hall–Kier alpha value is -2.68. The summed E-state index contributed by atoms with van der Waals surface area (Å²) in [5.41, 5.74) is -0.498. The van der Waals surface area contributed by atoms with Crippen LogP contribution in [0.1, 0.15) is 41.6 Å². The van der Waals surface area contributed by atoms with E-state index in [2.05, 4.69) is 20.6 Å². The number of carbonyl (C=O) groups excluding carboxylic acids is 2. The normalized spacial score (nSPS) is 13.8. The summed E-state index contributed by atoms with van der Waals surface area (Å²) >= 11 is 5.82. The zero-order chi connectivity index (χ0) is 21.0. The SMILES string of the molecule is O=C(CCCNc1ncc(C(F)(F)F)cc1Cl)c1ccnc(NC(=O)C2CC2)c1. The van der Waals surface area contributed by atoms with Gasteiger partial charge in [0.1, 0.15) is 11.6 Å². The number of nitrogens with zero attached hydrogens (tertiary/aromatic N) is 2. The molecule has 0 saturated heterocycles. The molecule has 0 radical (unpaired) electrons. The van der Waals surface area contributed by atoms with E-state index in [1.165, 1.54) is 12.3 Å². The number of hydrogen-bond donors (Lipinski definition) is 2. The first-order valence-corrected chi connectivity index (χ1v) is 9.38. The second-order valence-corrected chi connectivity index (χ2v) is 7.11. The second kappa shape index (κ2) is 8.77. The molecule has 1 amide bonds. The van der Waals surface area contributed by atoms with Crippen LogP contribution >= 0.6 is 11.6 Å². The Morgan fingerprint density at radius 2 is 1.97 bits per heavy atom. The lowest BCUT2D eigenvalue weighted by Crippen LogP contribution is -2.15. The Kier molecular flexibility index (Phi) is 6.36. The van der Waals surface area contributed by atoms with E-state index in [1.54, 1.807) is 6.07 Å². The highest BCUT2D eigenvalue weighted by Gasteiger charge is 2.31. The van der Waals surface area contributed by atoms with Crippen LogP contribution < -0.4 is 10.6 Å². The summed E-state index contributed by atoms with van der Waals surface area (Å²) in [5.74, 6) is 0.274. The molecule has 3 rings (SSSR count). The molecule has 0 unspecified atom stereocenters. The number of amides is 1. The maximum absolute atomic E-state index is 12.6. The first-order chi connectivity index (χ1) is 13.7. The lowest BCUT2D eigenvalue weighted by Gasteiger charge is -2.10. The van der Waals surface area contributed by atoms with Gasteiger partial charge < -0.3 is 10.6 Å². The van der Waals surface area contributed by atoms with Crippen molar-refractivity contribution < 1.29 is 22.8 Å². The van der Waals surface area contributed by atoms with E-state index in [9.17, 15) is 22.8 Å². The van der Waals surface area contributed by atoms with E-state index >= 15 is 0 Å². The van der Waals surface area contributed by atoms with Crippen LogP contribution in [0.3, 0.4) is 0 Å². The van der Waals surface area contributed by atoms with Gasteiger partial charge in [0.05, 0.1) is 10.6 Å². The number of Topliss-reactive ketones (excluding diaryl/α,β-unsaturated/α-hetero) is 1. The maximum atomic E-state index is 12.6. The number of pyridine rings is 2. The minimum atomic E-state index is -4.51. The van der Waals surface area contributed by atoms with Crippen LogP contribution in [0.5, 0.6) is 0 Å². The van der Waals surface area contributed by atoms with Gasteiger partial charge in [0.2, 0.25) is 5.91 Å². The van der Waals surface area contributed by atoms with Crippen molar-refractivity contribution in [3.8, 4) is 0 Å². The summed E-state index contributed by atoms with van der Waals surface area (Å²) in [7, 11) is 0. The lowest BCUT2D eigenvalue weighted by molar-refractivity contribution is -0.137. The van der Waals surface area contributed by atoms with Crippen LogP contribution in [0.4, 0.5) is 24.8 Å². The fraction of sp³-hybridized carbons (Fsp3) is 0.368. The molecule has 0 aliphatic heterocycles. The van der Waals surface area contributed by atoms with Gasteiger partial charge in [0.25, 0.3) is 0 Å². The first kappa shape index (κ1) is 21.0. The van der Waals surface area contributed by atoms with Gasteiger partial charge >= 0.3 is 6.18 Å². The predicted octanol–water partition coefficient (Wildman–Crippen LogP) is 4.57. The van der Waals surface area contributed by atoms with E-state index in [4.69, 9.17) is 11.6 Å². The topological polar surface area (TPSA) is 84.0 Å². The zero-order valence-corrected chi connectivity index (χ0v) is 16.0. The number of nitrogens with one attached hydrogen (secondary N) is 2. The molecule has 2 heterocycles. The van der Waals surface area contributed by atoms with Crippen LogP contribution in [0, 0.1) is 5.92 Å². The molecule has 0 aromatic carbocycles. The third-order valence-corrected chi connectivity index (χ3v) is 4.61. The fourth-order valence-corrected chi connectivity index (χ4v) is 2.80. The molecule has 0 bridgehead atoms. The Balaban J connectivity index is 1.48. The molecule has 2 aromatic heterocycles. The molecule has 29 heavy (non-hydrogen) atoms. The van der Waals surface area contributed by atoms with E-state index in [1.807, 2.05) is 0 Å². The number of halogens is 4. The van der Waals surface area contributed by atoms with Crippen molar-refractivity contribution in [2.75, 3.05) is 17.2 Å². The molecule has 1 aliphatic rings. The Bertz CT molecular complexity index is 917. The minimum Gasteiger partial charge on any atom is -0.369 e. The van der Waals surface area contributed by atoms with Gasteiger partial charge in [-0.15, -0.1) is 0 Å². The number of hydrogen-bond acceptors (Lipinski definition) is 5. The second-order valence-electron chi connectivity index (χ2n) is 6.70. The third kappa shape index (κ3) is 5.90. The van der Waals surface area contributed by atoms with Crippen molar-refractivity contribution in [1.82, 2.24) is 9.97 Å². The van der Waals surface area contributed by atoms with Gasteiger partial charge in [-0.1, -0.05) is 11.6 Å². The Morgan fingerprint density at radius 1 is 1.21 bits per heavy atom. The molecule has 1 saturated carbocycles. The number of carbonyl (C=O) groups is 2. The van der Waals surface area contributed by atoms with Crippen molar-refractivity contribution in [3.05, 3.63) is 46.7 Å². The van der Waals surface area contributed by atoms with Crippen LogP contribution in [0.15, 0.2) is 30.6 Å². The number of anilines is 2. The number of aromatic nitrogens is 2. The molecular formula is C19H18ClF3N4O2. The quantitative estimate of drug-likeness (QED) is 0.477. The molecule has 2 N–H and O–H groups in total. The van der Waals surface area contributed by atoms with E-state index in [0.29, 0.717) is 30.5 Å². The average Bonchev–Trinajstić information content (AvgIpc) is 3.51.